The van der Waals surface area contributed by atoms with Crippen molar-refractivity contribution in [2.75, 3.05) is 0 Å². The third-order valence-electron chi connectivity index (χ3n) is 3.09. The Morgan fingerprint density at radius 2 is 1.78 bits per heavy atom. The number of nitrogens with zero attached hydrogens (tertiary/aromatic N) is 1. The lowest BCUT2D eigenvalue weighted by molar-refractivity contribution is 0.598. The summed E-state index contributed by atoms with van der Waals surface area (Å²) in [6.45, 7) is 5.75. The average Bonchev–Trinajstić information content (AvgIpc) is 2.31. The fourth-order valence-electron chi connectivity index (χ4n) is 2.10. The van der Waals surface area contributed by atoms with E-state index in [1.807, 2.05) is 32.9 Å². The molecule has 0 saturated carbocycles. The van der Waals surface area contributed by atoms with Crippen molar-refractivity contribution >= 4 is 0 Å². The molecule has 3 heteroatoms. The number of benzene rings is 1. The van der Waals surface area contributed by atoms with Gasteiger partial charge in [-0.1, -0.05) is 23.8 Å². The molecule has 2 N–H and O–H groups in total. The second-order valence-electron chi connectivity index (χ2n) is 4.63. The van der Waals surface area contributed by atoms with Gasteiger partial charge in [0, 0.05) is 17.0 Å². The van der Waals surface area contributed by atoms with Gasteiger partial charge >= 0.3 is 0 Å². The molecular weight excluding hydrogens is 227 g/mol. The van der Waals surface area contributed by atoms with E-state index in [2.05, 4.69) is 4.98 Å². The van der Waals surface area contributed by atoms with Crippen LogP contribution in [0.25, 0.3) is 0 Å². The van der Waals surface area contributed by atoms with Gasteiger partial charge < -0.3 is 5.73 Å². The van der Waals surface area contributed by atoms with Gasteiger partial charge in [0.25, 0.3) is 0 Å². The minimum absolute atomic E-state index is 0.270. The topological polar surface area (TPSA) is 38.9 Å². The number of pyridine rings is 1. The van der Waals surface area contributed by atoms with Crippen molar-refractivity contribution < 1.29 is 4.39 Å². The van der Waals surface area contributed by atoms with Crippen molar-refractivity contribution in [2.45, 2.75) is 26.8 Å². The Kier molecular flexibility index (Phi) is 3.43. The fraction of sp³-hybridized carbons (Fsp3) is 0.267. The first kappa shape index (κ1) is 12.7. The number of nitrogens with two attached hydrogens (primary N) is 1. The SMILES string of the molecule is Cc1ccc(F)c(C(N)c2ccc(C)nc2C)c1. The predicted octanol–water partition coefficient (Wildman–Crippen LogP) is 3.19. The van der Waals surface area contributed by atoms with Crippen LogP contribution in [0, 0.1) is 26.6 Å². The van der Waals surface area contributed by atoms with Gasteiger partial charge in [-0.25, -0.2) is 4.39 Å². The molecule has 0 aliphatic carbocycles. The van der Waals surface area contributed by atoms with Crippen LogP contribution in [0.3, 0.4) is 0 Å². The fourth-order valence-corrected chi connectivity index (χ4v) is 2.10. The van der Waals surface area contributed by atoms with E-state index in [0.29, 0.717) is 5.56 Å². The molecule has 1 aromatic heterocycles. The van der Waals surface area contributed by atoms with Gasteiger partial charge in [0.15, 0.2) is 0 Å². The molecule has 0 saturated heterocycles. The van der Waals surface area contributed by atoms with Gasteiger partial charge in [-0.15, -0.1) is 0 Å². The number of aromatic nitrogens is 1. The summed E-state index contributed by atoms with van der Waals surface area (Å²) in [5, 5.41) is 0. The number of aryl methyl sites for hydroxylation is 3. The summed E-state index contributed by atoms with van der Waals surface area (Å²) in [5.74, 6) is -0.270. The van der Waals surface area contributed by atoms with E-state index >= 15 is 0 Å². The maximum absolute atomic E-state index is 13.8. The van der Waals surface area contributed by atoms with Crippen molar-refractivity contribution in [3.63, 3.8) is 0 Å². The number of rotatable bonds is 2. The highest BCUT2D eigenvalue weighted by molar-refractivity contribution is 5.36. The highest BCUT2D eigenvalue weighted by Gasteiger charge is 2.16. The lowest BCUT2D eigenvalue weighted by Gasteiger charge is -2.16. The van der Waals surface area contributed by atoms with Crippen molar-refractivity contribution in [1.82, 2.24) is 4.98 Å². The minimum Gasteiger partial charge on any atom is -0.320 e. The second-order valence-corrected chi connectivity index (χ2v) is 4.63. The molecule has 18 heavy (non-hydrogen) atoms. The molecule has 0 fully saturated rings. The summed E-state index contributed by atoms with van der Waals surface area (Å²) < 4.78 is 13.8. The standard InChI is InChI=1S/C15H17FN2/c1-9-4-7-14(16)13(8-9)15(17)12-6-5-10(2)18-11(12)3/h4-8,15H,17H2,1-3H3. The van der Waals surface area contributed by atoms with Gasteiger partial charge in [-0.3, -0.25) is 4.98 Å². The molecular formula is C15H17FN2. The summed E-state index contributed by atoms with van der Waals surface area (Å²) in [5.41, 5.74) is 10.3. The number of hydrogen-bond donors (Lipinski definition) is 1. The van der Waals surface area contributed by atoms with E-state index in [4.69, 9.17) is 5.73 Å². The molecule has 2 nitrogen and oxygen atoms in total. The van der Waals surface area contributed by atoms with Crippen molar-refractivity contribution in [3.8, 4) is 0 Å². The van der Waals surface area contributed by atoms with Crippen molar-refractivity contribution in [3.05, 3.63) is 64.2 Å². The first-order chi connectivity index (χ1) is 8.49. The Bertz CT molecular complexity index is 579. The van der Waals surface area contributed by atoms with E-state index in [0.717, 1.165) is 22.5 Å². The lowest BCUT2D eigenvalue weighted by atomic mass is 9.96. The van der Waals surface area contributed by atoms with Gasteiger partial charge in [-0.2, -0.15) is 0 Å². The summed E-state index contributed by atoms with van der Waals surface area (Å²) in [4.78, 5) is 4.37. The molecule has 0 bridgehead atoms. The molecule has 2 aromatic rings. The molecule has 94 valence electrons. The molecule has 1 unspecified atom stereocenters. The number of hydrogen-bond acceptors (Lipinski definition) is 2. The van der Waals surface area contributed by atoms with Crippen LogP contribution < -0.4 is 5.73 Å². The van der Waals surface area contributed by atoms with E-state index in [-0.39, 0.29) is 5.82 Å². The third-order valence-corrected chi connectivity index (χ3v) is 3.09. The van der Waals surface area contributed by atoms with Gasteiger partial charge in [0.2, 0.25) is 0 Å². The molecule has 0 aliphatic rings. The predicted molar refractivity (Wildman–Crippen MR) is 70.9 cm³/mol. The zero-order chi connectivity index (χ0) is 13.3. The molecule has 0 aliphatic heterocycles. The molecule has 0 amide bonds. The van der Waals surface area contributed by atoms with Crippen molar-refractivity contribution in [2.24, 2.45) is 5.73 Å². The van der Waals surface area contributed by atoms with Crippen LogP contribution in [0.4, 0.5) is 4.39 Å². The van der Waals surface area contributed by atoms with Gasteiger partial charge in [0.05, 0.1) is 6.04 Å². The molecule has 0 spiro atoms. The molecule has 1 atom stereocenters. The van der Waals surface area contributed by atoms with E-state index < -0.39 is 6.04 Å². The quantitative estimate of drug-likeness (QED) is 0.881. The van der Waals surface area contributed by atoms with Crippen LogP contribution in [0.15, 0.2) is 30.3 Å². The van der Waals surface area contributed by atoms with Gasteiger partial charge in [0.1, 0.15) is 5.82 Å². The van der Waals surface area contributed by atoms with E-state index in [1.54, 1.807) is 12.1 Å². The lowest BCUT2D eigenvalue weighted by Crippen LogP contribution is -2.16. The molecule has 1 heterocycles. The number of halogens is 1. The highest BCUT2D eigenvalue weighted by Crippen LogP contribution is 2.25. The molecule has 2 rings (SSSR count). The zero-order valence-corrected chi connectivity index (χ0v) is 10.9. The first-order valence-electron chi connectivity index (χ1n) is 5.95. The zero-order valence-electron chi connectivity index (χ0n) is 10.9. The van der Waals surface area contributed by atoms with Gasteiger partial charge in [-0.05, 0) is 38.5 Å². The average molecular weight is 244 g/mol. The molecule has 1 aromatic carbocycles. The van der Waals surface area contributed by atoms with Crippen LogP contribution >= 0.6 is 0 Å². The Morgan fingerprint density at radius 1 is 1.06 bits per heavy atom. The van der Waals surface area contributed by atoms with E-state index in [1.165, 1.54) is 6.07 Å². The monoisotopic (exact) mass is 244 g/mol. The Morgan fingerprint density at radius 3 is 2.44 bits per heavy atom. The van der Waals surface area contributed by atoms with Crippen LogP contribution in [0.1, 0.15) is 34.1 Å². The second kappa shape index (κ2) is 4.86. The third kappa shape index (κ3) is 2.41. The largest absolute Gasteiger partial charge is 0.320 e. The Balaban J connectivity index is 2.47. The minimum atomic E-state index is -0.474. The maximum atomic E-state index is 13.8. The Labute approximate surface area is 107 Å². The summed E-state index contributed by atoms with van der Waals surface area (Å²) in [7, 11) is 0. The van der Waals surface area contributed by atoms with Crippen LogP contribution in [0.5, 0.6) is 0 Å². The highest BCUT2D eigenvalue weighted by atomic mass is 19.1. The van der Waals surface area contributed by atoms with Crippen LogP contribution in [-0.2, 0) is 0 Å². The van der Waals surface area contributed by atoms with E-state index in [9.17, 15) is 4.39 Å². The van der Waals surface area contributed by atoms with Crippen LogP contribution in [-0.4, -0.2) is 4.98 Å². The first-order valence-corrected chi connectivity index (χ1v) is 5.95. The van der Waals surface area contributed by atoms with Crippen LogP contribution in [0.2, 0.25) is 0 Å². The molecule has 0 radical (unpaired) electrons. The summed E-state index contributed by atoms with van der Waals surface area (Å²) in [6.07, 6.45) is 0. The van der Waals surface area contributed by atoms with Crippen molar-refractivity contribution in [1.29, 1.82) is 0 Å². The maximum Gasteiger partial charge on any atom is 0.128 e. The smallest absolute Gasteiger partial charge is 0.128 e. The normalized spacial score (nSPS) is 12.5. The summed E-state index contributed by atoms with van der Waals surface area (Å²) >= 11 is 0. The Hall–Kier alpha value is -1.74. The summed E-state index contributed by atoms with van der Waals surface area (Å²) in [6, 6.07) is 8.34.